The van der Waals surface area contributed by atoms with Crippen molar-refractivity contribution in [1.29, 1.82) is 0 Å². The summed E-state index contributed by atoms with van der Waals surface area (Å²) in [6.45, 7) is -1.72. The van der Waals surface area contributed by atoms with Crippen molar-refractivity contribution < 1.29 is 26.4 Å². The molecule has 1 aromatic carbocycles. The van der Waals surface area contributed by atoms with Crippen LogP contribution in [0.2, 0.25) is 0 Å². The van der Waals surface area contributed by atoms with Gasteiger partial charge in [-0.2, -0.15) is 21.9 Å². The van der Waals surface area contributed by atoms with Crippen LogP contribution in [0.1, 0.15) is 0 Å². The highest BCUT2D eigenvalue weighted by Gasteiger charge is 2.30. The van der Waals surface area contributed by atoms with E-state index in [0.717, 1.165) is 11.4 Å². The van der Waals surface area contributed by atoms with Crippen molar-refractivity contribution >= 4 is 32.8 Å². The summed E-state index contributed by atoms with van der Waals surface area (Å²) in [6.07, 6.45) is -4.63. The standard InChI is InChI=1S/C8H6F3N3O3S2/c9-8(10,11)4-17-14-19(15,16)6-3-1-2-5-7(6)13-18-12-5/h1-3,14H,4H2. The van der Waals surface area contributed by atoms with Gasteiger partial charge in [0.05, 0.1) is 11.4 Å². The molecule has 6 nitrogen and oxygen atoms in total. The minimum atomic E-state index is -4.63. The largest absolute Gasteiger partial charge is 0.413 e. The van der Waals surface area contributed by atoms with Gasteiger partial charge in [-0.15, -0.1) is 0 Å². The molecular weight excluding hydrogens is 307 g/mol. The van der Waals surface area contributed by atoms with Crippen LogP contribution in [0.3, 0.4) is 0 Å². The second kappa shape index (κ2) is 5.00. The average Bonchev–Trinajstić information content (AvgIpc) is 2.73. The molecule has 0 aromatic heterocycles. The van der Waals surface area contributed by atoms with Crippen LogP contribution in [0, 0.1) is 0 Å². The summed E-state index contributed by atoms with van der Waals surface area (Å²) in [7, 11) is -4.25. The molecule has 0 saturated carbocycles. The van der Waals surface area contributed by atoms with Crippen LogP contribution in [-0.2, 0) is 26.2 Å². The lowest BCUT2D eigenvalue weighted by Gasteiger charge is -2.10. The molecule has 0 unspecified atom stereocenters. The van der Waals surface area contributed by atoms with Gasteiger partial charge in [-0.25, -0.2) is 8.42 Å². The highest BCUT2D eigenvalue weighted by Crippen LogP contribution is 2.37. The Labute approximate surface area is 109 Å². The highest BCUT2D eigenvalue weighted by atomic mass is 32.2. The smallest absolute Gasteiger partial charge is 0.277 e. The van der Waals surface area contributed by atoms with Crippen molar-refractivity contribution in [1.82, 2.24) is 4.89 Å². The topological polar surface area (TPSA) is 80.1 Å². The maximum Gasteiger partial charge on any atom is 0.413 e. The zero-order valence-electron chi connectivity index (χ0n) is 9.01. The summed E-state index contributed by atoms with van der Waals surface area (Å²) < 4.78 is 66.7. The van der Waals surface area contributed by atoms with Gasteiger partial charge >= 0.3 is 6.18 Å². The summed E-state index contributed by atoms with van der Waals surface area (Å²) in [4.78, 5) is 5.05. The molecule has 1 aliphatic heterocycles. The molecule has 0 spiro atoms. The van der Waals surface area contributed by atoms with Gasteiger partial charge < -0.3 is 0 Å². The van der Waals surface area contributed by atoms with E-state index in [9.17, 15) is 21.6 Å². The lowest BCUT2D eigenvalue weighted by molar-refractivity contribution is -0.181. The summed E-state index contributed by atoms with van der Waals surface area (Å²) in [5, 5.41) is 0. The van der Waals surface area contributed by atoms with Gasteiger partial charge in [-0.3, -0.25) is 4.84 Å². The molecule has 0 amide bonds. The van der Waals surface area contributed by atoms with Crippen molar-refractivity contribution in [2.75, 3.05) is 6.61 Å². The monoisotopic (exact) mass is 313 g/mol. The van der Waals surface area contributed by atoms with Crippen LogP contribution in [0.15, 0.2) is 31.8 Å². The maximum absolute atomic E-state index is 11.9. The Morgan fingerprint density at radius 2 is 2.05 bits per heavy atom. The Kier molecular flexibility index (Phi) is 3.71. The van der Waals surface area contributed by atoms with E-state index in [2.05, 4.69) is 13.6 Å². The van der Waals surface area contributed by atoms with Crippen LogP contribution >= 0.6 is 0 Å². The number of benzene rings is 1. The predicted octanol–water partition coefficient (Wildman–Crippen LogP) is 2.19. The number of hydrogen-bond donors (Lipinski definition) is 1. The number of hydrogen-bond acceptors (Lipinski definition) is 5. The molecule has 11 heteroatoms. The Morgan fingerprint density at radius 1 is 1.32 bits per heavy atom. The van der Waals surface area contributed by atoms with E-state index in [1.54, 1.807) is 0 Å². The molecule has 19 heavy (non-hydrogen) atoms. The van der Waals surface area contributed by atoms with Gasteiger partial charge in [-0.05, 0) is 12.1 Å². The van der Waals surface area contributed by atoms with E-state index in [4.69, 9.17) is 0 Å². The third kappa shape index (κ3) is 3.37. The predicted molar refractivity (Wildman–Crippen MR) is 60.3 cm³/mol. The van der Waals surface area contributed by atoms with Gasteiger partial charge in [0.15, 0.2) is 6.61 Å². The zero-order chi connectivity index (χ0) is 14.1. The fourth-order valence-corrected chi connectivity index (χ4v) is 2.81. The molecule has 1 aliphatic rings. The molecule has 0 saturated heterocycles. The van der Waals surface area contributed by atoms with Crippen molar-refractivity contribution in [3.8, 4) is 0 Å². The number of alkyl halides is 3. The Balaban J connectivity index is 2.18. The molecule has 1 N–H and O–H groups in total. The van der Waals surface area contributed by atoms with E-state index >= 15 is 0 Å². The van der Waals surface area contributed by atoms with Gasteiger partial charge in [0.1, 0.15) is 16.3 Å². The van der Waals surface area contributed by atoms with E-state index in [0.29, 0.717) is 5.69 Å². The second-order valence-electron chi connectivity index (χ2n) is 3.38. The fourth-order valence-electron chi connectivity index (χ4n) is 1.23. The first-order valence-corrected chi connectivity index (χ1v) is 6.92. The van der Waals surface area contributed by atoms with E-state index in [-0.39, 0.29) is 10.6 Å². The number of nitrogens with one attached hydrogen (secondary N) is 1. The number of fused-ring (bicyclic) bond motifs is 1. The van der Waals surface area contributed by atoms with E-state index in [1.165, 1.54) is 23.1 Å². The Morgan fingerprint density at radius 3 is 2.74 bits per heavy atom. The molecule has 104 valence electrons. The molecular formula is C8H6F3N3O3S2. The first-order valence-electron chi connectivity index (χ1n) is 4.71. The zero-order valence-corrected chi connectivity index (χ0v) is 10.6. The van der Waals surface area contributed by atoms with Crippen molar-refractivity contribution in [3.05, 3.63) is 18.2 Å². The Bertz CT molecular complexity index is 666. The molecule has 0 atom stereocenters. The van der Waals surface area contributed by atoms with Crippen molar-refractivity contribution in [2.24, 2.45) is 8.73 Å². The molecule has 2 rings (SSSR count). The van der Waals surface area contributed by atoms with Gasteiger partial charge in [0, 0.05) is 0 Å². The van der Waals surface area contributed by atoms with Gasteiger partial charge in [0.25, 0.3) is 10.0 Å². The van der Waals surface area contributed by atoms with Crippen LogP contribution in [-0.4, -0.2) is 21.2 Å². The third-order valence-electron chi connectivity index (χ3n) is 1.94. The van der Waals surface area contributed by atoms with Gasteiger partial charge in [0.2, 0.25) is 0 Å². The number of nitrogens with zero attached hydrogens (tertiary/aromatic N) is 2. The van der Waals surface area contributed by atoms with Crippen molar-refractivity contribution in [2.45, 2.75) is 11.1 Å². The lowest BCUT2D eigenvalue weighted by atomic mass is 10.3. The summed E-state index contributed by atoms with van der Waals surface area (Å²) >= 11 is 0.798. The summed E-state index contributed by atoms with van der Waals surface area (Å²) in [6, 6.07) is 4.14. The quantitative estimate of drug-likeness (QED) is 0.879. The second-order valence-corrected chi connectivity index (χ2v) is 5.52. The van der Waals surface area contributed by atoms with Crippen LogP contribution in [0.5, 0.6) is 0 Å². The minimum Gasteiger partial charge on any atom is -0.277 e. The lowest BCUT2D eigenvalue weighted by Crippen LogP contribution is -2.29. The highest BCUT2D eigenvalue weighted by molar-refractivity contribution is 7.89. The average molecular weight is 313 g/mol. The first kappa shape index (κ1) is 14.1. The number of rotatable bonds is 4. The Hall–Kier alpha value is -1.30. The molecule has 0 bridgehead atoms. The van der Waals surface area contributed by atoms with Crippen molar-refractivity contribution in [3.63, 3.8) is 0 Å². The van der Waals surface area contributed by atoms with Crippen LogP contribution < -0.4 is 4.89 Å². The van der Waals surface area contributed by atoms with Crippen LogP contribution in [0.4, 0.5) is 24.5 Å². The van der Waals surface area contributed by atoms with E-state index in [1.807, 2.05) is 0 Å². The SMILES string of the molecule is O=S(=O)(NOCC(F)(F)F)c1cccc2c1N=S=N2. The number of halogens is 3. The third-order valence-corrected chi connectivity index (χ3v) is 3.73. The maximum atomic E-state index is 11.9. The first-order chi connectivity index (χ1) is 8.80. The summed E-state index contributed by atoms with van der Waals surface area (Å²) in [5.41, 5.74) is 0.416. The van der Waals surface area contributed by atoms with Gasteiger partial charge in [-0.1, -0.05) is 11.0 Å². The summed E-state index contributed by atoms with van der Waals surface area (Å²) in [5.74, 6) is 0. The molecule has 0 fully saturated rings. The fraction of sp³-hybridized carbons (Fsp3) is 0.250. The normalized spacial score (nSPS) is 14.3. The molecule has 1 aromatic rings. The van der Waals surface area contributed by atoms with Crippen LogP contribution in [0.25, 0.3) is 0 Å². The minimum absolute atomic E-state index is 0.0793. The van der Waals surface area contributed by atoms with E-state index < -0.39 is 22.8 Å². The number of sulfonamides is 1. The molecule has 0 aliphatic carbocycles. The molecule has 0 radical (unpaired) electrons. The molecule has 1 heterocycles.